The molecule has 1 aliphatic heterocycles. The number of piperidine rings is 1. The van der Waals surface area contributed by atoms with Crippen LogP contribution in [0.1, 0.15) is 19.3 Å². The zero-order valence-electron chi connectivity index (χ0n) is 10.7. The lowest BCUT2D eigenvalue weighted by Crippen LogP contribution is -2.46. The van der Waals surface area contributed by atoms with Crippen molar-refractivity contribution in [1.29, 1.82) is 0 Å². The smallest absolute Gasteiger partial charge is 0.307 e. The second-order valence-corrected chi connectivity index (χ2v) is 5.89. The number of carbonyl (C=O) groups is 2. The number of likely N-dealkylation sites (tertiary alicyclic amines) is 1. The second kappa shape index (κ2) is 4.63. The Labute approximate surface area is 111 Å². The zero-order valence-corrected chi connectivity index (χ0v) is 10.7. The van der Waals surface area contributed by atoms with Gasteiger partial charge in [0.05, 0.1) is 17.9 Å². The van der Waals surface area contributed by atoms with E-state index in [0.29, 0.717) is 25.9 Å². The Balaban J connectivity index is 1.75. The van der Waals surface area contributed by atoms with E-state index in [-0.39, 0.29) is 23.8 Å². The Hall–Kier alpha value is -1.36. The maximum Gasteiger partial charge on any atom is 0.307 e. The number of nitrogens with zero attached hydrogens (tertiary/aromatic N) is 1. The molecule has 4 atom stereocenters. The fourth-order valence-electron chi connectivity index (χ4n) is 3.79. The first kappa shape index (κ1) is 12.7. The van der Waals surface area contributed by atoms with Crippen molar-refractivity contribution < 1.29 is 19.8 Å². The van der Waals surface area contributed by atoms with Crippen molar-refractivity contribution in [2.24, 2.45) is 23.7 Å². The van der Waals surface area contributed by atoms with Crippen molar-refractivity contribution in [2.75, 3.05) is 13.1 Å². The number of hydrogen-bond acceptors (Lipinski definition) is 3. The molecule has 1 heterocycles. The maximum atomic E-state index is 12.6. The number of hydrogen-bond donors (Lipinski definition) is 2. The molecule has 2 bridgehead atoms. The molecular formula is C14H19NO4. The summed E-state index contributed by atoms with van der Waals surface area (Å²) >= 11 is 0. The number of carboxylic acids is 1. The highest BCUT2D eigenvalue weighted by atomic mass is 16.4. The predicted octanol–water partition coefficient (Wildman–Crippen LogP) is 0.493. The van der Waals surface area contributed by atoms with Crippen LogP contribution in [-0.2, 0) is 9.59 Å². The molecule has 1 saturated carbocycles. The van der Waals surface area contributed by atoms with Crippen LogP contribution in [-0.4, -0.2) is 46.2 Å². The highest BCUT2D eigenvalue weighted by Gasteiger charge is 2.52. The van der Waals surface area contributed by atoms with Gasteiger partial charge in [-0.3, -0.25) is 9.59 Å². The Kier molecular flexibility index (Phi) is 3.09. The highest BCUT2D eigenvalue weighted by Crippen LogP contribution is 2.48. The van der Waals surface area contributed by atoms with E-state index < -0.39 is 17.8 Å². The first-order valence-corrected chi connectivity index (χ1v) is 6.96. The van der Waals surface area contributed by atoms with Gasteiger partial charge in [0.1, 0.15) is 0 Å². The highest BCUT2D eigenvalue weighted by molar-refractivity contribution is 5.87. The molecule has 0 aromatic carbocycles. The van der Waals surface area contributed by atoms with Crippen molar-refractivity contribution in [3.63, 3.8) is 0 Å². The van der Waals surface area contributed by atoms with Crippen LogP contribution in [0.15, 0.2) is 12.2 Å². The third-order valence-corrected chi connectivity index (χ3v) is 4.81. The minimum Gasteiger partial charge on any atom is -0.481 e. The Morgan fingerprint density at radius 2 is 1.63 bits per heavy atom. The first-order chi connectivity index (χ1) is 9.08. The normalized spacial score (nSPS) is 37.8. The number of fused-ring (bicyclic) bond motifs is 2. The summed E-state index contributed by atoms with van der Waals surface area (Å²) in [6, 6.07) is 0. The average molecular weight is 265 g/mol. The largest absolute Gasteiger partial charge is 0.481 e. The lowest BCUT2D eigenvalue weighted by Gasteiger charge is -2.34. The molecule has 5 heteroatoms. The molecule has 2 aliphatic carbocycles. The van der Waals surface area contributed by atoms with Gasteiger partial charge in [0, 0.05) is 13.1 Å². The molecule has 3 rings (SSSR count). The summed E-state index contributed by atoms with van der Waals surface area (Å²) in [6.45, 7) is 1.09. The molecule has 2 N–H and O–H groups in total. The third-order valence-electron chi connectivity index (χ3n) is 4.81. The van der Waals surface area contributed by atoms with Gasteiger partial charge in [-0.05, 0) is 31.1 Å². The van der Waals surface area contributed by atoms with E-state index in [1.165, 1.54) is 0 Å². The van der Waals surface area contributed by atoms with E-state index in [1.54, 1.807) is 4.90 Å². The second-order valence-electron chi connectivity index (χ2n) is 5.89. The molecule has 19 heavy (non-hydrogen) atoms. The van der Waals surface area contributed by atoms with E-state index in [9.17, 15) is 19.8 Å². The van der Waals surface area contributed by atoms with E-state index in [0.717, 1.165) is 6.42 Å². The number of amides is 1. The molecule has 4 unspecified atom stereocenters. The topological polar surface area (TPSA) is 77.8 Å². The molecule has 0 aromatic rings. The van der Waals surface area contributed by atoms with Gasteiger partial charge in [-0.25, -0.2) is 0 Å². The molecule has 0 radical (unpaired) electrons. The van der Waals surface area contributed by atoms with Gasteiger partial charge in [-0.15, -0.1) is 0 Å². The van der Waals surface area contributed by atoms with Gasteiger partial charge in [0.25, 0.3) is 0 Å². The molecule has 1 saturated heterocycles. The molecule has 0 spiro atoms. The summed E-state index contributed by atoms with van der Waals surface area (Å²) in [4.78, 5) is 25.7. The summed E-state index contributed by atoms with van der Waals surface area (Å²) in [6.07, 6.45) is 5.63. The minimum atomic E-state index is -0.854. The van der Waals surface area contributed by atoms with Crippen molar-refractivity contribution >= 4 is 11.9 Å². The van der Waals surface area contributed by atoms with E-state index in [2.05, 4.69) is 0 Å². The quantitative estimate of drug-likeness (QED) is 0.712. The first-order valence-electron chi connectivity index (χ1n) is 6.96. The van der Waals surface area contributed by atoms with Crippen LogP contribution < -0.4 is 0 Å². The molecule has 0 aromatic heterocycles. The lowest BCUT2D eigenvalue weighted by atomic mass is 9.82. The van der Waals surface area contributed by atoms with Crippen LogP contribution >= 0.6 is 0 Å². The van der Waals surface area contributed by atoms with Gasteiger partial charge < -0.3 is 15.1 Å². The van der Waals surface area contributed by atoms with E-state index >= 15 is 0 Å². The molecule has 104 valence electrons. The van der Waals surface area contributed by atoms with Crippen molar-refractivity contribution in [3.8, 4) is 0 Å². The third kappa shape index (κ3) is 2.06. The number of carboxylic acid groups (broad SMARTS) is 1. The van der Waals surface area contributed by atoms with Crippen molar-refractivity contribution in [3.05, 3.63) is 12.2 Å². The van der Waals surface area contributed by atoms with Gasteiger partial charge in [-0.2, -0.15) is 0 Å². The monoisotopic (exact) mass is 265 g/mol. The number of aliphatic hydroxyl groups is 1. The molecule has 2 fully saturated rings. The molecular weight excluding hydrogens is 246 g/mol. The fourth-order valence-corrected chi connectivity index (χ4v) is 3.79. The van der Waals surface area contributed by atoms with Crippen LogP contribution in [0.2, 0.25) is 0 Å². The van der Waals surface area contributed by atoms with E-state index in [1.807, 2.05) is 12.2 Å². The number of carbonyl (C=O) groups excluding carboxylic acids is 1. The van der Waals surface area contributed by atoms with Crippen LogP contribution in [0.3, 0.4) is 0 Å². The van der Waals surface area contributed by atoms with Crippen LogP contribution in [0.5, 0.6) is 0 Å². The summed E-state index contributed by atoms with van der Waals surface area (Å²) in [5.41, 5.74) is 0. The number of rotatable bonds is 2. The Bertz CT molecular complexity index is 425. The number of allylic oxidation sites excluding steroid dienone is 2. The minimum absolute atomic E-state index is 0.0202. The van der Waals surface area contributed by atoms with Gasteiger partial charge in [0.2, 0.25) is 5.91 Å². The SMILES string of the molecule is O=C(O)C1C2C=CC(C2)C1C(=O)N1CCC(O)CC1. The Morgan fingerprint density at radius 3 is 2.21 bits per heavy atom. The van der Waals surface area contributed by atoms with E-state index in [4.69, 9.17) is 0 Å². The van der Waals surface area contributed by atoms with Crippen LogP contribution in [0.25, 0.3) is 0 Å². The van der Waals surface area contributed by atoms with Gasteiger partial charge in [0.15, 0.2) is 0 Å². The zero-order chi connectivity index (χ0) is 13.6. The van der Waals surface area contributed by atoms with Crippen molar-refractivity contribution in [2.45, 2.75) is 25.4 Å². The van der Waals surface area contributed by atoms with Crippen molar-refractivity contribution in [1.82, 2.24) is 4.90 Å². The average Bonchev–Trinajstić information content (AvgIpc) is 2.98. The van der Waals surface area contributed by atoms with Crippen LogP contribution in [0, 0.1) is 23.7 Å². The number of aliphatic carboxylic acids is 1. The standard InChI is InChI=1S/C14H19NO4/c16-10-3-5-15(6-4-10)13(17)11-8-1-2-9(7-8)12(11)14(18)19/h1-2,8-12,16H,3-7H2,(H,18,19). The number of aliphatic hydroxyl groups excluding tert-OH is 1. The Morgan fingerprint density at radius 1 is 1.05 bits per heavy atom. The summed E-state index contributed by atoms with van der Waals surface area (Å²) in [7, 11) is 0. The van der Waals surface area contributed by atoms with Crippen LogP contribution in [0.4, 0.5) is 0 Å². The molecule has 5 nitrogen and oxygen atoms in total. The molecule has 1 amide bonds. The summed E-state index contributed by atoms with van der Waals surface area (Å²) in [5, 5.41) is 18.8. The predicted molar refractivity (Wildman–Crippen MR) is 67.2 cm³/mol. The summed E-state index contributed by atoms with van der Waals surface area (Å²) < 4.78 is 0. The maximum absolute atomic E-state index is 12.6. The summed E-state index contributed by atoms with van der Waals surface area (Å²) in [5.74, 6) is -1.74. The lowest BCUT2D eigenvalue weighted by molar-refractivity contribution is -0.151. The van der Waals surface area contributed by atoms with Gasteiger partial charge in [-0.1, -0.05) is 12.2 Å². The van der Waals surface area contributed by atoms with Gasteiger partial charge >= 0.3 is 5.97 Å². The fraction of sp³-hybridized carbons (Fsp3) is 0.714. The molecule has 3 aliphatic rings.